The van der Waals surface area contributed by atoms with Crippen LogP contribution in [0.2, 0.25) is 0 Å². The number of benzene rings is 4. The first-order valence-corrected chi connectivity index (χ1v) is 27.5. The normalized spacial score (nSPS) is 17.3. The van der Waals surface area contributed by atoms with Crippen molar-refractivity contribution in [2.45, 2.75) is 159 Å². The van der Waals surface area contributed by atoms with Crippen molar-refractivity contribution in [3.8, 4) is 34.1 Å². The maximum absolute atomic E-state index is 7.14. The van der Waals surface area contributed by atoms with Gasteiger partial charge in [-0.15, -0.1) is 35.4 Å². The smallest absolute Gasteiger partial charge is 0.366 e. The fraction of sp³-hybridized carbons (Fsp3) is 0.500. The van der Waals surface area contributed by atoms with Crippen LogP contribution in [-0.2, 0) is 57.6 Å². The SMILES string of the molecule is CCCCCC[PH+](CC[PH+](C1CCCCC1)C1CCCCC1)C1CCCCC1.[Au+].[Au+].[C-]#Cc1ccc2c(c1)-c1ccccc1C2.[C-]#Cc1ccc2c(c1)-c1ccccc1C2. The monoisotopic (exact) mass is 1200 g/mol. The molecule has 1 atom stereocenters. The molecular weight excluding hydrogens is 1130 g/mol. The van der Waals surface area contributed by atoms with Crippen molar-refractivity contribution in [1.82, 2.24) is 0 Å². The molecule has 4 aromatic carbocycles. The van der Waals surface area contributed by atoms with Gasteiger partial charge < -0.3 is 12.8 Å². The van der Waals surface area contributed by atoms with E-state index in [2.05, 4.69) is 79.4 Å². The van der Waals surface area contributed by atoms with Crippen LogP contribution in [-0.4, -0.2) is 35.5 Å². The summed E-state index contributed by atoms with van der Waals surface area (Å²) in [5.41, 5.74) is 16.0. The molecule has 4 heteroatoms. The summed E-state index contributed by atoms with van der Waals surface area (Å²) in [5, 5.41) is 0. The molecule has 3 saturated carbocycles. The van der Waals surface area contributed by atoms with Crippen LogP contribution in [0.4, 0.5) is 0 Å². The summed E-state index contributed by atoms with van der Waals surface area (Å²) >= 11 is 0. The number of hydrogen-bond acceptors (Lipinski definition) is 0. The first-order chi connectivity index (χ1) is 28.6. The van der Waals surface area contributed by atoms with E-state index >= 15 is 0 Å². The minimum absolute atomic E-state index is 0. The second-order valence-electron chi connectivity index (χ2n) is 18.2. The Hall–Kier alpha value is -1.66. The summed E-state index contributed by atoms with van der Waals surface area (Å²) in [6.45, 7) is 2.37. The predicted octanol–water partition coefficient (Wildman–Crippen LogP) is 15.4. The summed E-state index contributed by atoms with van der Waals surface area (Å²) in [6.07, 6.45) is 51.3. The van der Waals surface area contributed by atoms with Gasteiger partial charge in [0.1, 0.15) is 0 Å². The van der Waals surface area contributed by atoms with E-state index in [0.717, 1.165) is 24.0 Å². The number of fused-ring (bicyclic) bond motifs is 6. The fourth-order valence-corrected chi connectivity index (χ4v) is 20.4. The van der Waals surface area contributed by atoms with E-state index in [1.165, 1.54) is 80.7 Å². The molecule has 60 heavy (non-hydrogen) atoms. The molecule has 0 aromatic heterocycles. The molecule has 5 aliphatic rings. The van der Waals surface area contributed by atoms with Gasteiger partial charge in [0.2, 0.25) is 0 Å². The number of rotatable bonds is 11. The van der Waals surface area contributed by atoms with Gasteiger partial charge in [0.25, 0.3) is 0 Å². The molecule has 0 saturated heterocycles. The Bertz CT molecular complexity index is 1860. The maximum atomic E-state index is 7.14. The predicted molar refractivity (Wildman–Crippen MR) is 258 cm³/mol. The van der Waals surface area contributed by atoms with Crippen molar-refractivity contribution in [2.24, 2.45) is 0 Å². The Balaban J connectivity index is 0.000000181. The van der Waals surface area contributed by atoms with Crippen molar-refractivity contribution in [3.05, 3.63) is 131 Å². The van der Waals surface area contributed by atoms with Crippen LogP contribution in [0.1, 0.15) is 162 Å². The van der Waals surface area contributed by atoms with E-state index < -0.39 is 0 Å². The molecule has 0 spiro atoms. The molecule has 1 unspecified atom stereocenters. The molecule has 324 valence electrons. The maximum Gasteiger partial charge on any atom is 1.00 e. The standard InChI is InChI=1S/C26H50P2.2C15H9.2Au/c1-2-3-4-14-21-27(24-15-8-5-9-16-24)22-23-28(25-17-10-6-11-18-25)26-19-12-7-13-20-26;2*1-2-11-7-8-13-10-12-5-3-4-6-14(12)15(13)9-11;;/h24-26H,2-23H2,1H3;2*3-9H,10H2;;/q;2*-1;2*+1/p+2. The van der Waals surface area contributed by atoms with E-state index in [1.807, 2.05) is 24.3 Å². The average molecular weight is 1200 g/mol. The summed E-state index contributed by atoms with van der Waals surface area (Å²) in [6, 6.07) is 29.1. The zero-order valence-electron chi connectivity index (χ0n) is 36.4. The molecule has 9 rings (SSSR count). The molecule has 0 aliphatic heterocycles. The first kappa shape index (κ1) is 49.4. The van der Waals surface area contributed by atoms with Crippen molar-refractivity contribution >= 4 is 15.8 Å². The molecule has 3 fully saturated rings. The third-order valence-corrected chi connectivity index (χ3v) is 22.6. The molecule has 0 amide bonds. The van der Waals surface area contributed by atoms with Gasteiger partial charge in [0, 0.05) is 15.8 Å². The average Bonchev–Trinajstić information content (AvgIpc) is 3.86. The summed E-state index contributed by atoms with van der Waals surface area (Å²) in [7, 11) is -0.158. The Labute approximate surface area is 400 Å². The molecule has 0 heterocycles. The quantitative estimate of drug-likeness (QED) is 0.0399. The van der Waals surface area contributed by atoms with E-state index in [1.54, 1.807) is 121 Å². The fourth-order valence-electron chi connectivity index (χ4n) is 11.2. The van der Waals surface area contributed by atoms with E-state index in [9.17, 15) is 0 Å². The van der Waals surface area contributed by atoms with Crippen LogP contribution in [0, 0.1) is 24.7 Å². The van der Waals surface area contributed by atoms with Crippen molar-refractivity contribution in [1.29, 1.82) is 0 Å². The van der Waals surface area contributed by atoms with Crippen molar-refractivity contribution in [2.75, 3.05) is 18.5 Å². The molecule has 0 nitrogen and oxygen atoms in total. The van der Waals surface area contributed by atoms with Crippen LogP contribution in [0.3, 0.4) is 0 Å². The van der Waals surface area contributed by atoms with E-state index in [0.29, 0.717) is 0 Å². The molecule has 0 bridgehead atoms. The Morgan fingerprint density at radius 3 is 1.35 bits per heavy atom. The molecule has 4 aromatic rings. The largest absolute Gasteiger partial charge is 1.00 e. The first-order valence-electron chi connectivity index (χ1n) is 23.6. The molecular formula is C56H70Au2P2+2. The zero-order chi connectivity index (χ0) is 39.9. The molecule has 0 radical (unpaired) electrons. The van der Waals surface area contributed by atoms with Crippen LogP contribution in [0.15, 0.2) is 84.9 Å². The summed E-state index contributed by atoms with van der Waals surface area (Å²) in [5.74, 6) is 4.87. The van der Waals surface area contributed by atoms with Crippen molar-refractivity contribution < 1.29 is 44.8 Å². The second kappa shape index (κ2) is 26.2. The van der Waals surface area contributed by atoms with E-state index in [4.69, 9.17) is 12.8 Å². The van der Waals surface area contributed by atoms with Gasteiger partial charge in [-0.25, -0.2) is 0 Å². The van der Waals surface area contributed by atoms with Crippen LogP contribution in [0.25, 0.3) is 22.3 Å². The Kier molecular flexibility index (Phi) is 21.6. The van der Waals surface area contributed by atoms with Crippen molar-refractivity contribution in [3.63, 3.8) is 0 Å². The van der Waals surface area contributed by atoms with Gasteiger partial charge in [-0.05, 0) is 147 Å². The van der Waals surface area contributed by atoms with Gasteiger partial charge in [-0.2, -0.15) is 0 Å². The Morgan fingerprint density at radius 1 is 0.467 bits per heavy atom. The summed E-state index contributed by atoms with van der Waals surface area (Å²) < 4.78 is 0. The van der Waals surface area contributed by atoms with Crippen LogP contribution < -0.4 is 0 Å². The van der Waals surface area contributed by atoms with Crippen LogP contribution in [0.5, 0.6) is 0 Å². The van der Waals surface area contributed by atoms with Gasteiger partial charge in [-0.1, -0.05) is 99.7 Å². The third kappa shape index (κ3) is 13.4. The van der Waals surface area contributed by atoms with Gasteiger partial charge >= 0.3 is 44.8 Å². The van der Waals surface area contributed by atoms with Crippen LogP contribution >= 0.6 is 15.8 Å². The molecule has 0 N–H and O–H groups in total. The molecule has 5 aliphatic carbocycles. The van der Waals surface area contributed by atoms with Gasteiger partial charge in [0.15, 0.2) is 0 Å². The summed E-state index contributed by atoms with van der Waals surface area (Å²) in [4.78, 5) is 0. The second-order valence-corrected chi connectivity index (χ2v) is 24.6. The third-order valence-electron chi connectivity index (χ3n) is 14.4. The zero-order valence-corrected chi connectivity index (χ0v) is 42.7. The minimum atomic E-state index is -0.0877. The van der Waals surface area contributed by atoms with Gasteiger partial charge in [0.05, 0.1) is 35.5 Å². The van der Waals surface area contributed by atoms with E-state index in [-0.39, 0.29) is 60.6 Å². The topological polar surface area (TPSA) is 0 Å². The number of unbranched alkanes of at least 4 members (excludes halogenated alkanes) is 3. The minimum Gasteiger partial charge on any atom is -0.366 e. The number of hydrogen-bond donors (Lipinski definition) is 0. The Morgan fingerprint density at radius 2 is 0.900 bits per heavy atom. The van der Waals surface area contributed by atoms with Gasteiger partial charge in [-0.3, -0.25) is 11.8 Å².